The topological polar surface area (TPSA) is 46.2 Å². The van der Waals surface area contributed by atoms with Crippen molar-refractivity contribution in [1.29, 1.82) is 0 Å². The van der Waals surface area contributed by atoms with E-state index in [4.69, 9.17) is 5.73 Å². The van der Waals surface area contributed by atoms with E-state index in [0.717, 1.165) is 30.5 Å². The molecule has 2 heteroatoms. The van der Waals surface area contributed by atoms with E-state index in [1.165, 1.54) is 12.0 Å². The minimum Gasteiger partial charge on any atom is -0.399 e. The van der Waals surface area contributed by atoms with Gasteiger partial charge in [-0.2, -0.15) is 0 Å². The van der Waals surface area contributed by atoms with Gasteiger partial charge in [-0.15, -0.1) is 0 Å². The Balaban J connectivity index is 2.43. The molecule has 2 rings (SSSR count). The molecule has 13 heavy (non-hydrogen) atoms. The van der Waals surface area contributed by atoms with Crippen LogP contribution in [0.2, 0.25) is 0 Å². The number of benzene rings is 1. The molecular formula is C11H15NO. The Bertz CT molecular complexity index is 309. The molecule has 0 heterocycles. The molecule has 0 radical (unpaired) electrons. The molecule has 0 fully saturated rings. The van der Waals surface area contributed by atoms with Gasteiger partial charge in [-0.05, 0) is 42.5 Å². The molecule has 0 saturated carbocycles. The maximum Gasteiger partial charge on any atom is 0.0793 e. The molecule has 1 aromatic rings. The Morgan fingerprint density at radius 1 is 1.31 bits per heavy atom. The van der Waals surface area contributed by atoms with Crippen LogP contribution in [0.15, 0.2) is 18.2 Å². The summed E-state index contributed by atoms with van der Waals surface area (Å²) in [4.78, 5) is 0. The molecule has 0 aliphatic heterocycles. The van der Waals surface area contributed by atoms with Gasteiger partial charge in [-0.25, -0.2) is 0 Å². The molecule has 0 unspecified atom stereocenters. The first-order valence-corrected chi connectivity index (χ1v) is 4.84. The molecule has 2 nitrogen and oxygen atoms in total. The predicted octanol–water partition coefficient (Wildman–Crippen LogP) is 2.03. The number of aliphatic hydroxyl groups excluding tert-OH is 1. The second-order valence-corrected chi connectivity index (χ2v) is 3.72. The standard InChI is InChI=1S/C11H15NO/c12-9-6-5-8-3-1-2-4-11(13)10(8)7-9/h5-7,11,13H,1-4,12H2/t11-/m1/s1. The fourth-order valence-corrected chi connectivity index (χ4v) is 1.96. The minimum atomic E-state index is -0.305. The maximum atomic E-state index is 9.81. The molecule has 0 bridgehead atoms. The molecule has 1 aromatic carbocycles. The number of nitrogen functional groups attached to an aromatic ring is 1. The summed E-state index contributed by atoms with van der Waals surface area (Å²) < 4.78 is 0. The van der Waals surface area contributed by atoms with Crippen molar-refractivity contribution in [2.45, 2.75) is 31.8 Å². The lowest BCUT2D eigenvalue weighted by atomic mass is 10.0. The summed E-state index contributed by atoms with van der Waals surface area (Å²) in [6.07, 6.45) is 3.92. The summed E-state index contributed by atoms with van der Waals surface area (Å²) in [5.41, 5.74) is 8.74. The van der Waals surface area contributed by atoms with Crippen molar-refractivity contribution < 1.29 is 5.11 Å². The molecule has 0 aromatic heterocycles. The van der Waals surface area contributed by atoms with Crippen LogP contribution in [-0.2, 0) is 6.42 Å². The second-order valence-electron chi connectivity index (χ2n) is 3.72. The number of rotatable bonds is 0. The van der Waals surface area contributed by atoms with Crippen molar-refractivity contribution in [3.05, 3.63) is 29.3 Å². The largest absolute Gasteiger partial charge is 0.399 e. The van der Waals surface area contributed by atoms with Crippen molar-refractivity contribution in [2.75, 3.05) is 5.73 Å². The molecule has 70 valence electrons. The van der Waals surface area contributed by atoms with Gasteiger partial charge >= 0.3 is 0 Å². The molecule has 1 aliphatic rings. The molecule has 3 N–H and O–H groups in total. The first kappa shape index (κ1) is 8.57. The summed E-state index contributed by atoms with van der Waals surface area (Å²) in [5, 5.41) is 9.81. The quantitative estimate of drug-likeness (QED) is 0.470. The Morgan fingerprint density at radius 3 is 3.00 bits per heavy atom. The number of hydrogen-bond donors (Lipinski definition) is 2. The highest BCUT2D eigenvalue weighted by atomic mass is 16.3. The lowest BCUT2D eigenvalue weighted by Crippen LogP contribution is -2.00. The van der Waals surface area contributed by atoms with E-state index in [-0.39, 0.29) is 6.10 Å². The molecule has 1 atom stereocenters. The zero-order valence-electron chi connectivity index (χ0n) is 7.66. The van der Waals surface area contributed by atoms with E-state index >= 15 is 0 Å². The van der Waals surface area contributed by atoms with Crippen LogP contribution in [0.3, 0.4) is 0 Å². The van der Waals surface area contributed by atoms with Gasteiger partial charge < -0.3 is 10.8 Å². The van der Waals surface area contributed by atoms with Gasteiger partial charge in [0.25, 0.3) is 0 Å². The fraction of sp³-hybridized carbons (Fsp3) is 0.455. The smallest absolute Gasteiger partial charge is 0.0793 e. The minimum absolute atomic E-state index is 0.305. The van der Waals surface area contributed by atoms with E-state index in [0.29, 0.717) is 0 Å². The molecular weight excluding hydrogens is 162 g/mol. The van der Waals surface area contributed by atoms with Crippen LogP contribution in [0.4, 0.5) is 5.69 Å². The van der Waals surface area contributed by atoms with Crippen LogP contribution in [-0.4, -0.2) is 5.11 Å². The highest BCUT2D eigenvalue weighted by molar-refractivity contribution is 5.46. The van der Waals surface area contributed by atoms with Gasteiger partial charge in [-0.1, -0.05) is 12.5 Å². The number of nitrogens with two attached hydrogens (primary N) is 1. The van der Waals surface area contributed by atoms with Gasteiger partial charge in [0.2, 0.25) is 0 Å². The number of aliphatic hydroxyl groups is 1. The van der Waals surface area contributed by atoms with E-state index in [2.05, 4.69) is 0 Å². The number of aryl methyl sites for hydroxylation is 1. The number of fused-ring (bicyclic) bond motifs is 1. The van der Waals surface area contributed by atoms with Gasteiger partial charge in [0.15, 0.2) is 0 Å². The summed E-state index contributed by atoms with van der Waals surface area (Å²) in [6.45, 7) is 0. The van der Waals surface area contributed by atoms with Crippen LogP contribution in [0.5, 0.6) is 0 Å². The molecule has 1 aliphatic carbocycles. The van der Waals surface area contributed by atoms with E-state index in [1.807, 2.05) is 18.2 Å². The molecule has 0 saturated heterocycles. The summed E-state index contributed by atoms with van der Waals surface area (Å²) >= 11 is 0. The van der Waals surface area contributed by atoms with Crippen LogP contribution in [0.25, 0.3) is 0 Å². The second kappa shape index (κ2) is 3.38. The monoisotopic (exact) mass is 177 g/mol. The predicted molar refractivity (Wildman–Crippen MR) is 53.4 cm³/mol. The van der Waals surface area contributed by atoms with Gasteiger partial charge in [0, 0.05) is 5.69 Å². The van der Waals surface area contributed by atoms with Crippen molar-refractivity contribution in [3.63, 3.8) is 0 Å². The van der Waals surface area contributed by atoms with E-state index in [1.54, 1.807) is 0 Å². The lowest BCUT2D eigenvalue weighted by Gasteiger charge is -2.11. The summed E-state index contributed by atoms with van der Waals surface area (Å²) in [7, 11) is 0. The first-order valence-electron chi connectivity index (χ1n) is 4.84. The average molecular weight is 177 g/mol. The highest BCUT2D eigenvalue weighted by Gasteiger charge is 2.15. The normalized spacial score (nSPS) is 22.1. The molecule has 0 spiro atoms. The van der Waals surface area contributed by atoms with Crippen molar-refractivity contribution in [1.82, 2.24) is 0 Å². The van der Waals surface area contributed by atoms with Crippen LogP contribution >= 0.6 is 0 Å². The Kier molecular flexibility index (Phi) is 2.23. The summed E-state index contributed by atoms with van der Waals surface area (Å²) in [5.74, 6) is 0. The van der Waals surface area contributed by atoms with Crippen LogP contribution in [0.1, 0.15) is 36.5 Å². The third kappa shape index (κ3) is 1.68. The average Bonchev–Trinajstić information content (AvgIpc) is 2.29. The van der Waals surface area contributed by atoms with Gasteiger partial charge in [0.1, 0.15) is 0 Å². The summed E-state index contributed by atoms with van der Waals surface area (Å²) in [6, 6.07) is 5.86. The fourth-order valence-electron chi connectivity index (χ4n) is 1.96. The van der Waals surface area contributed by atoms with Crippen LogP contribution in [0, 0.1) is 0 Å². The maximum absolute atomic E-state index is 9.81. The Hall–Kier alpha value is -1.02. The Labute approximate surface area is 78.4 Å². The molecule has 0 amide bonds. The van der Waals surface area contributed by atoms with E-state index in [9.17, 15) is 5.11 Å². The van der Waals surface area contributed by atoms with Gasteiger partial charge in [0.05, 0.1) is 6.10 Å². The van der Waals surface area contributed by atoms with Crippen molar-refractivity contribution in [3.8, 4) is 0 Å². The first-order chi connectivity index (χ1) is 6.27. The van der Waals surface area contributed by atoms with Crippen molar-refractivity contribution >= 4 is 5.69 Å². The van der Waals surface area contributed by atoms with Crippen LogP contribution < -0.4 is 5.73 Å². The highest BCUT2D eigenvalue weighted by Crippen LogP contribution is 2.29. The zero-order valence-corrected chi connectivity index (χ0v) is 7.66. The number of hydrogen-bond acceptors (Lipinski definition) is 2. The SMILES string of the molecule is Nc1ccc2c(c1)[C@H](O)CCCC2. The van der Waals surface area contributed by atoms with Gasteiger partial charge in [-0.3, -0.25) is 0 Å². The van der Waals surface area contributed by atoms with Crippen molar-refractivity contribution in [2.24, 2.45) is 0 Å². The lowest BCUT2D eigenvalue weighted by molar-refractivity contribution is 0.166. The Morgan fingerprint density at radius 2 is 2.15 bits per heavy atom. The zero-order chi connectivity index (χ0) is 9.26. The number of anilines is 1. The van der Waals surface area contributed by atoms with E-state index < -0.39 is 0 Å². The third-order valence-electron chi connectivity index (χ3n) is 2.70. The third-order valence-corrected chi connectivity index (χ3v) is 2.70.